The van der Waals surface area contributed by atoms with Crippen LogP contribution >= 0.6 is 34.8 Å². The quantitative estimate of drug-likeness (QED) is 0.0994. The molecule has 28 heavy (non-hydrogen) atoms. The van der Waals surface area contributed by atoms with Gasteiger partial charge in [0.25, 0.3) is 0 Å². The fraction of sp³-hybridized carbons (Fsp3) is 0.812. The smallest absolute Gasteiger partial charge is 0.462 e. The van der Waals surface area contributed by atoms with Gasteiger partial charge in [0.15, 0.2) is 25.0 Å². The van der Waals surface area contributed by atoms with Crippen LogP contribution in [0.25, 0.3) is 0 Å². The van der Waals surface area contributed by atoms with Gasteiger partial charge in [-0.1, -0.05) is 6.58 Å². The predicted molar refractivity (Wildman–Crippen MR) is 129 cm³/mol. The molecule has 0 saturated heterocycles. The van der Waals surface area contributed by atoms with Crippen molar-refractivity contribution in [3.63, 3.8) is 0 Å². The third kappa shape index (κ3) is 11.3. The Kier molecular flexibility index (Phi) is 12.4. The van der Waals surface area contributed by atoms with E-state index in [0.29, 0.717) is 34.5 Å². The molecule has 166 valence electrons. The van der Waals surface area contributed by atoms with Gasteiger partial charge in [-0.25, -0.2) is 4.79 Å². The lowest BCUT2D eigenvalue weighted by atomic mass is 10.4. The number of carbonyl (C=O) groups is 1. The summed E-state index contributed by atoms with van der Waals surface area (Å²) in [6, 6.07) is 0.518. The first kappa shape index (κ1) is 28.8. The highest BCUT2D eigenvalue weighted by molar-refractivity contribution is 6.93. The number of hydrogen-bond donors (Lipinski definition) is 0. The maximum Gasteiger partial charge on any atom is 0.469 e. The Hall–Kier alpha value is 0.828. The normalized spacial score (nSPS) is 13.5. The predicted octanol–water partition coefficient (Wildman–Crippen LogP) is 5.43. The van der Waals surface area contributed by atoms with Crippen LogP contribution in [0.15, 0.2) is 12.2 Å². The summed E-state index contributed by atoms with van der Waals surface area (Å²) in [7, 11) is -9.82. The van der Waals surface area contributed by atoms with Crippen LogP contribution in [0.5, 0.6) is 0 Å². The lowest BCUT2D eigenvalue weighted by Crippen LogP contribution is -2.63. The van der Waals surface area contributed by atoms with Crippen LogP contribution in [0.1, 0.15) is 13.3 Å². The third-order valence-electron chi connectivity index (χ3n) is 3.47. The van der Waals surface area contributed by atoms with Crippen LogP contribution in [-0.2, 0) is 21.9 Å². The van der Waals surface area contributed by atoms with Gasteiger partial charge in [0.1, 0.15) is 0 Å². The summed E-state index contributed by atoms with van der Waals surface area (Å²) >= 11 is 18.6. The van der Waals surface area contributed by atoms with E-state index < -0.39 is 39.7 Å². The van der Waals surface area contributed by atoms with Gasteiger partial charge in [0.05, 0.1) is 6.61 Å². The Morgan fingerprint density at radius 1 is 0.821 bits per heavy atom. The Morgan fingerprint density at radius 3 is 1.46 bits per heavy atom. The summed E-state index contributed by atoms with van der Waals surface area (Å²) < 4.78 is 25.0. The zero-order valence-electron chi connectivity index (χ0n) is 18.1. The van der Waals surface area contributed by atoms with Crippen LogP contribution in [0, 0.1) is 0 Å². The van der Waals surface area contributed by atoms with Crippen molar-refractivity contribution in [1.82, 2.24) is 0 Å². The number of alkyl halides is 3. The molecule has 0 amide bonds. The molecule has 5 nitrogen and oxygen atoms in total. The largest absolute Gasteiger partial charge is 0.469 e. The molecule has 0 aromatic rings. The van der Waals surface area contributed by atoms with E-state index in [1.54, 1.807) is 6.92 Å². The van der Waals surface area contributed by atoms with Gasteiger partial charge >= 0.3 is 14.8 Å². The standard InChI is InChI=1S/C16H35Cl3O5Si4/c1-15(2)16(20)21-10-9-11-28(22-25(3,4)12-17,23-26(5,6)13-18)24-27(7,8)14-19/h1,9-14H2,2-8H3. The van der Waals surface area contributed by atoms with E-state index in [-0.39, 0.29) is 6.61 Å². The second-order valence-corrected chi connectivity index (χ2v) is 26.8. The van der Waals surface area contributed by atoms with Crippen LogP contribution in [0.4, 0.5) is 0 Å². The summed E-state index contributed by atoms with van der Waals surface area (Å²) in [5.41, 5.74) is 1.63. The number of ether oxygens (including phenoxy) is 1. The summed E-state index contributed by atoms with van der Waals surface area (Å²) in [5, 5.41) is 0. The molecule has 0 unspecified atom stereocenters. The average molecular weight is 526 g/mol. The lowest BCUT2D eigenvalue weighted by Gasteiger charge is -2.44. The zero-order chi connectivity index (χ0) is 22.2. The molecular weight excluding hydrogens is 491 g/mol. The second kappa shape index (κ2) is 12.0. The van der Waals surface area contributed by atoms with Crippen LogP contribution in [-0.4, -0.2) is 62.8 Å². The minimum absolute atomic E-state index is 0.241. The van der Waals surface area contributed by atoms with E-state index in [2.05, 4.69) is 6.58 Å². The number of hydrogen-bond acceptors (Lipinski definition) is 5. The number of rotatable bonds is 14. The lowest BCUT2D eigenvalue weighted by molar-refractivity contribution is -0.139. The molecule has 0 saturated carbocycles. The van der Waals surface area contributed by atoms with Crippen LogP contribution in [0.3, 0.4) is 0 Å². The molecular formula is C16H35Cl3O5Si4. The van der Waals surface area contributed by atoms with Gasteiger partial charge in [-0.2, -0.15) is 0 Å². The van der Waals surface area contributed by atoms with Gasteiger partial charge in [-0.3, -0.25) is 0 Å². The topological polar surface area (TPSA) is 54.0 Å². The SMILES string of the molecule is C=C(C)C(=O)OCCC[Si](O[Si](C)(C)CCl)(O[Si](C)(C)CCl)O[Si](C)(C)CCl. The highest BCUT2D eigenvalue weighted by Crippen LogP contribution is 2.31. The van der Waals surface area contributed by atoms with E-state index in [9.17, 15) is 4.79 Å². The minimum Gasteiger partial charge on any atom is -0.462 e. The van der Waals surface area contributed by atoms with E-state index in [0.717, 1.165) is 0 Å². The fourth-order valence-electron chi connectivity index (χ4n) is 2.14. The van der Waals surface area contributed by atoms with Gasteiger partial charge in [0.2, 0.25) is 0 Å². The van der Waals surface area contributed by atoms with Crippen LogP contribution < -0.4 is 0 Å². The summed E-state index contributed by atoms with van der Waals surface area (Å²) in [4.78, 5) is 11.7. The van der Waals surface area contributed by atoms with Crippen molar-refractivity contribution in [2.75, 3.05) is 23.1 Å². The van der Waals surface area contributed by atoms with Crippen molar-refractivity contribution < 1.29 is 21.9 Å². The van der Waals surface area contributed by atoms with Crippen molar-refractivity contribution >= 4 is 74.5 Å². The average Bonchev–Trinajstić information content (AvgIpc) is 2.57. The Morgan fingerprint density at radius 2 is 1.18 bits per heavy atom. The summed E-state index contributed by atoms with van der Waals surface area (Å²) in [6.07, 6.45) is 0.553. The molecule has 0 spiro atoms. The molecule has 0 aliphatic carbocycles. The number of esters is 1. The third-order valence-corrected chi connectivity index (χ3v) is 22.5. The fourth-order valence-corrected chi connectivity index (χ4v) is 17.8. The van der Waals surface area contributed by atoms with Crippen molar-refractivity contribution in [2.24, 2.45) is 0 Å². The molecule has 0 aromatic heterocycles. The maximum absolute atomic E-state index is 11.7. The molecule has 0 radical (unpaired) electrons. The van der Waals surface area contributed by atoms with Gasteiger partial charge in [-0.15, -0.1) is 34.8 Å². The molecule has 0 bridgehead atoms. The molecule has 0 aliphatic rings. The first-order valence-corrected chi connectivity index (χ1v) is 22.1. The number of carbonyl (C=O) groups excluding carboxylic acids is 1. The van der Waals surface area contributed by atoms with E-state index in [4.69, 9.17) is 51.9 Å². The van der Waals surface area contributed by atoms with Crippen molar-refractivity contribution in [3.8, 4) is 0 Å². The highest BCUT2D eigenvalue weighted by Gasteiger charge is 2.52. The summed E-state index contributed by atoms with van der Waals surface area (Å²) in [5.74, 6) is -0.406. The van der Waals surface area contributed by atoms with Crippen LogP contribution in [0.2, 0.25) is 45.3 Å². The Bertz CT molecular complexity index is 487. The van der Waals surface area contributed by atoms with Crippen molar-refractivity contribution in [3.05, 3.63) is 12.2 Å². The second-order valence-electron chi connectivity index (χ2n) is 8.69. The minimum atomic E-state index is -3.15. The zero-order valence-corrected chi connectivity index (χ0v) is 24.4. The Labute approximate surface area is 189 Å². The molecule has 0 aromatic carbocycles. The number of halogens is 3. The first-order chi connectivity index (χ1) is 12.6. The monoisotopic (exact) mass is 524 g/mol. The summed E-state index contributed by atoms with van der Waals surface area (Å²) in [6.45, 7) is 17.7. The molecule has 0 heterocycles. The van der Waals surface area contributed by atoms with Gasteiger partial charge in [0, 0.05) is 28.1 Å². The molecule has 0 aliphatic heterocycles. The molecule has 0 fully saturated rings. The molecule has 0 atom stereocenters. The first-order valence-electron chi connectivity index (χ1n) is 9.24. The Balaban J connectivity index is 5.67. The van der Waals surface area contributed by atoms with Crippen molar-refractivity contribution in [1.29, 1.82) is 0 Å². The van der Waals surface area contributed by atoms with E-state index >= 15 is 0 Å². The van der Waals surface area contributed by atoms with Crippen molar-refractivity contribution in [2.45, 2.75) is 58.7 Å². The molecule has 0 rings (SSSR count). The molecule has 12 heteroatoms. The highest BCUT2D eigenvalue weighted by atomic mass is 35.5. The van der Waals surface area contributed by atoms with E-state index in [1.165, 1.54) is 0 Å². The van der Waals surface area contributed by atoms with Gasteiger partial charge in [-0.05, 0) is 52.6 Å². The maximum atomic E-state index is 11.7. The van der Waals surface area contributed by atoms with E-state index in [1.807, 2.05) is 39.3 Å². The molecule has 0 N–H and O–H groups in total. The van der Waals surface area contributed by atoms with Gasteiger partial charge < -0.3 is 17.1 Å².